The zero-order valence-electron chi connectivity index (χ0n) is 11.5. The summed E-state index contributed by atoms with van der Waals surface area (Å²) in [7, 11) is 2.37. The van der Waals surface area contributed by atoms with Gasteiger partial charge >= 0.3 is 0 Å². The highest BCUT2D eigenvalue weighted by Crippen LogP contribution is 2.36. The van der Waals surface area contributed by atoms with Crippen LogP contribution < -0.4 is 0 Å². The first-order valence-corrected chi connectivity index (χ1v) is 8.98. The Labute approximate surface area is 101 Å². The minimum atomic E-state index is -0.515. The molecule has 2 heteroatoms. The Hall–Kier alpha value is 0.492. The largest absolute Gasteiger partial charge is 0.311 e. The van der Waals surface area contributed by atoms with E-state index in [9.17, 15) is 0 Å². The van der Waals surface area contributed by atoms with Gasteiger partial charge in [-0.3, -0.25) is 0 Å². The molecule has 2 unspecified atom stereocenters. The Morgan fingerprint density at radius 2 is 1.73 bits per heavy atom. The number of likely N-dealkylation sites (tertiary alicyclic amines) is 1. The monoisotopic (exact) mass is 225 g/mol. The molecule has 1 aliphatic heterocycles. The van der Waals surface area contributed by atoms with Gasteiger partial charge in [-0.1, -0.05) is 31.3 Å². The smallest absolute Gasteiger partial charge is 0.286 e. The summed E-state index contributed by atoms with van der Waals surface area (Å²) in [6.07, 6.45) is 2.89. The molecule has 0 spiro atoms. The van der Waals surface area contributed by atoms with Crippen molar-refractivity contribution in [2.75, 3.05) is 7.05 Å². The maximum Gasteiger partial charge on any atom is 0.286 e. The van der Waals surface area contributed by atoms with Crippen LogP contribution in [0.15, 0.2) is 0 Å². The van der Waals surface area contributed by atoms with E-state index >= 15 is 0 Å². The van der Waals surface area contributed by atoms with Gasteiger partial charge in [0.15, 0.2) is 0 Å². The highest BCUT2D eigenvalue weighted by Gasteiger charge is 2.42. The standard InChI is InChI=1S/C9H18N.2C2H5.Al/c1-8-6-5-7-10(4)9(8,2)3;2*1-2;/h7-8H,5-6H2,1-4H3;2*1H2,2H3;. The first kappa shape index (κ1) is 13.6. The van der Waals surface area contributed by atoms with Crippen LogP contribution in [0.2, 0.25) is 10.6 Å². The fourth-order valence-electron chi connectivity index (χ4n) is 3.13. The average molecular weight is 225 g/mol. The average Bonchev–Trinajstić information content (AvgIpc) is 2.20. The summed E-state index contributed by atoms with van der Waals surface area (Å²) in [6.45, 7) is 12.1. The molecular formula is C13H28AlN. The minimum absolute atomic E-state index is 0.415. The van der Waals surface area contributed by atoms with Crippen molar-refractivity contribution in [3.05, 3.63) is 0 Å². The van der Waals surface area contributed by atoms with Crippen molar-refractivity contribution in [1.82, 2.24) is 4.90 Å². The number of hydrogen-bond acceptors (Lipinski definition) is 1. The fraction of sp³-hybridized carbons (Fsp3) is 1.00. The van der Waals surface area contributed by atoms with Gasteiger partial charge in [0.2, 0.25) is 0 Å². The van der Waals surface area contributed by atoms with Crippen LogP contribution >= 0.6 is 0 Å². The lowest BCUT2D eigenvalue weighted by Gasteiger charge is -2.51. The molecule has 1 heterocycles. The molecule has 1 nitrogen and oxygen atoms in total. The van der Waals surface area contributed by atoms with Crippen molar-refractivity contribution < 1.29 is 0 Å². The second-order valence-electron chi connectivity index (χ2n) is 5.89. The lowest BCUT2D eigenvalue weighted by molar-refractivity contribution is 0.0349. The number of rotatable bonds is 3. The van der Waals surface area contributed by atoms with Crippen molar-refractivity contribution in [1.29, 1.82) is 0 Å². The first-order valence-electron chi connectivity index (χ1n) is 6.68. The first-order chi connectivity index (χ1) is 6.95. The van der Waals surface area contributed by atoms with E-state index in [1.54, 1.807) is 0 Å². The van der Waals surface area contributed by atoms with Crippen LogP contribution in [-0.2, 0) is 0 Å². The van der Waals surface area contributed by atoms with Crippen LogP contribution in [0.25, 0.3) is 0 Å². The van der Waals surface area contributed by atoms with E-state index in [0.717, 1.165) is 10.8 Å². The quantitative estimate of drug-likeness (QED) is 0.664. The lowest BCUT2D eigenvalue weighted by atomic mass is 9.81. The Morgan fingerprint density at radius 1 is 1.20 bits per heavy atom. The lowest BCUT2D eigenvalue weighted by Crippen LogP contribution is -2.59. The summed E-state index contributed by atoms with van der Waals surface area (Å²) in [4.78, 5) is 3.66. The topological polar surface area (TPSA) is 3.24 Å². The Kier molecular flexibility index (Phi) is 4.71. The molecule has 0 aliphatic carbocycles. The molecule has 0 bridgehead atoms. The minimum Gasteiger partial charge on any atom is -0.311 e. The van der Waals surface area contributed by atoms with Gasteiger partial charge in [0, 0.05) is 5.54 Å². The molecule has 1 fully saturated rings. The van der Waals surface area contributed by atoms with E-state index in [2.05, 4.69) is 46.6 Å². The van der Waals surface area contributed by atoms with Crippen molar-refractivity contribution in [3.63, 3.8) is 0 Å². The van der Waals surface area contributed by atoms with Crippen LogP contribution in [-0.4, -0.2) is 36.5 Å². The fourth-order valence-corrected chi connectivity index (χ4v) is 6.47. The predicted molar refractivity (Wildman–Crippen MR) is 70.7 cm³/mol. The normalized spacial score (nSPS) is 31.6. The summed E-state index contributed by atoms with van der Waals surface area (Å²) in [5.74, 6) is 0.849. The van der Waals surface area contributed by atoms with E-state index in [0.29, 0.717) is 5.54 Å². The second-order valence-corrected chi connectivity index (χ2v) is 9.81. The van der Waals surface area contributed by atoms with Crippen molar-refractivity contribution in [2.24, 2.45) is 5.92 Å². The van der Waals surface area contributed by atoms with Gasteiger partial charge < -0.3 is 4.90 Å². The van der Waals surface area contributed by atoms with Gasteiger partial charge in [0.1, 0.15) is 0 Å². The molecule has 15 heavy (non-hydrogen) atoms. The summed E-state index contributed by atoms with van der Waals surface area (Å²) >= 11 is -0.515. The van der Waals surface area contributed by atoms with Crippen LogP contribution in [0.1, 0.15) is 47.5 Å². The maximum atomic E-state index is 2.71. The SMILES string of the molecule is C[CH2][Al]([CH2]C)[CH]1CCC(C)C(C)(C)N1C. The highest BCUT2D eigenvalue weighted by atomic mass is 27.2. The van der Waals surface area contributed by atoms with Gasteiger partial charge in [-0.15, -0.1) is 0 Å². The molecule has 1 saturated heterocycles. The molecule has 1 rings (SSSR count). The summed E-state index contributed by atoms with van der Waals surface area (Å²) in [5.41, 5.74) is 0.415. The molecule has 0 aromatic carbocycles. The van der Waals surface area contributed by atoms with Crippen LogP contribution in [0.3, 0.4) is 0 Å². The number of hydrogen-bond donors (Lipinski definition) is 0. The van der Waals surface area contributed by atoms with Crippen LogP contribution in [0.4, 0.5) is 0 Å². The summed E-state index contributed by atoms with van der Waals surface area (Å²) < 4.78 is 0. The molecule has 0 N–H and O–H groups in total. The Balaban J connectivity index is 2.77. The van der Waals surface area contributed by atoms with E-state index < -0.39 is 14.1 Å². The maximum absolute atomic E-state index is 2.71. The third-order valence-electron chi connectivity index (χ3n) is 5.10. The van der Waals surface area contributed by atoms with Gasteiger partial charge in [-0.2, -0.15) is 0 Å². The summed E-state index contributed by atoms with van der Waals surface area (Å²) in [5, 5.41) is 2.94. The van der Waals surface area contributed by atoms with E-state index in [1.807, 2.05) is 0 Å². The molecule has 0 amide bonds. The van der Waals surface area contributed by atoms with Gasteiger partial charge in [0.05, 0.1) is 0 Å². The third kappa shape index (κ3) is 2.60. The van der Waals surface area contributed by atoms with Gasteiger partial charge in [-0.25, -0.2) is 0 Å². The molecule has 1 aliphatic rings. The van der Waals surface area contributed by atoms with Crippen LogP contribution in [0.5, 0.6) is 0 Å². The van der Waals surface area contributed by atoms with Crippen molar-refractivity contribution in [2.45, 2.75) is 68.5 Å². The van der Waals surface area contributed by atoms with Crippen molar-refractivity contribution >= 4 is 14.1 Å². The van der Waals surface area contributed by atoms with E-state index in [1.165, 1.54) is 23.4 Å². The van der Waals surface area contributed by atoms with Gasteiger partial charge in [0.25, 0.3) is 14.1 Å². The number of piperidine rings is 1. The molecular weight excluding hydrogens is 197 g/mol. The molecule has 0 aromatic heterocycles. The number of nitrogens with zero attached hydrogens (tertiary/aromatic N) is 1. The molecule has 2 atom stereocenters. The summed E-state index contributed by atoms with van der Waals surface area (Å²) in [6, 6.07) is 0. The molecule has 0 radical (unpaired) electrons. The highest BCUT2D eigenvalue weighted by molar-refractivity contribution is 6.60. The zero-order valence-corrected chi connectivity index (χ0v) is 12.7. The Morgan fingerprint density at radius 3 is 2.20 bits per heavy atom. The van der Waals surface area contributed by atoms with Crippen molar-refractivity contribution in [3.8, 4) is 0 Å². The second kappa shape index (κ2) is 5.21. The van der Waals surface area contributed by atoms with Gasteiger partial charge in [-0.05, 0) is 44.6 Å². The third-order valence-corrected chi connectivity index (χ3v) is 9.07. The molecule has 88 valence electrons. The molecule has 0 saturated carbocycles. The predicted octanol–water partition coefficient (Wildman–Crippen LogP) is 3.57. The molecule has 0 aromatic rings. The van der Waals surface area contributed by atoms with E-state index in [4.69, 9.17) is 0 Å². The van der Waals surface area contributed by atoms with Crippen LogP contribution in [0, 0.1) is 5.92 Å². The Bertz CT molecular complexity index is 199. The zero-order chi connectivity index (χ0) is 11.6. The van der Waals surface area contributed by atoms with E-state index in [-0.39, 0.29) is 0 Å².